The minimum absolute atomic E-state index is 0.179. The Hall–Kier alpha value is -1.49. The largest absolute Gasteiger partial charge is 0.393 e. The van der Waals surface area contributed by atoms with Gasteiger partial charge in [0.25, 0.3) is 0 Å². The summed E-state index contributed by atoms with van der Waals surface area (Å²) in [6.45, 7) is 5.84. The number of aryl methyl sites for hydroxylation is 2. The SMILES string of the molecule is CCCC(C(=O)Nc1cc(C)cc(C)n1)C(N)=S. The lowest BCUT2D eigenvalue weighted by Crippen LogP contribution is -2.33. The number of nitrogens with two attached hydrogens (primary N) is 1. The predicted octanol–water partition coefficient (Wildman–Crippen LogP) is 2.34. The van der Waals surface area contributed by atoms with Crippen molar-refractivity contribution in [2.75, 3.05) is 5.32 Å². The Morgan fingerprint density at radius 1 is 1.50 bits per heavy atom. The summed E-state index contributed by atoms with van der Waals surface area (Å²) in [5.74, 6) is -0.0516. The quantitative estimate of drug-likeness (QED) is 0.802. The zero-order chi connectivity index (χ0) is 13.7. The molecule has 0 fully saturated rings. The number of amides is 1. The molecule has 0 aliphatic carbocycles. The summed E-state index contributed by atoms with van der Waals surface area (Å²) in [6, 6.07) is 3.78. The van der Waals surface area contributed by atoms with Gasteiger partial charge in [-0.1, -0.05) is 25.6 Å². The highest BCUT2D eigenvalue weighted by Gasteiger charge is 2.20. The molecule has 0 aromatic carbocycles. The first-order valence-electron chi connectivity index (χ1n) is 5.99. The van der Waals surface area contributed by atoms with Gasteiger partial charge in [0.1, 0.15) is 5.82 Å². The molecule has 1 heterocycles. The van der Waals surface area contributed by atoms with Crippen LogP contribution in [0.1, 0.15) is 31.0 Å². The summed E-state index contributed by atoms with van der Waals surface area (Å²) in [5.41, 5.74) is 7.51. The molecule has 1 atom stereocenters. The molecule has 0 aliphatic rings. The molecule has 1 amide bonds. The molecular formula is C13H19N3OS. The second-order valence-electron chi connectivity index (χ2n) is 4.40. The van der Waals surface area contributed by atoms with Crippen molar-refractivity contribution in [3.8, 4) is 0 Å². The molecule has 0 bridgehead atoms. The van der Waals surface area contributed by atoms with E-state index in [4.69, 9.17) is 18.0 Å². The van der Waals surface area contributed by atoms with Crippen molar-refractivity contribution >= 4 is 28.9 Å². The van der Waals surface area contributed by atoms with Gasteiger partial charge >= 0.3 is 0 Å². The molecule has 0 spiro atoms. The Morgan fingerprint density at radius 2 is 2.17 bits per heavy atom. The number of thiocarbonyl (C=S) groups is 1. The summed E-state index contributed by atoms with van der Waals surface area (Å²) >= 11 is 4.92. The van der Waals surface area contributed by atoms with Gasteiger partial charge in [-0.25, -0.2) is 4.98 Å². The van der Waals surface area contributed by atoms with Crippen LogP contribution in [0, 0.1) is 19.8 Å². The molecule has 0 radical (unpaired) electrons. The average molecular weight is 265 g/mol. The molecule has 0 saturated carbocycles. The first kappa shape index (κ1) is 14.6. The first-order chi connectivity index (χ1) is 8.43. The maximum atomic E-state index is 12.0. The monoisotopic (exact) mass is 265 g/mol. The number of rotatable bonds is 5. The maximum Gasteiger partial charge on any atom is 0.235 e. The van der Waals surface area contributed by atoms with Crippen LogP contribution in [0.15, 0.2) is 12.1 Å². The summed E-state index contributed by atoms with van der Waals surface area (Å²) in [5, 5.41) is 2.77. The fourth-order valence-electron chi connectivity index (χ4n) is 1.81. The molecule has 1 unspecified atom stereocenters. The van der Waals surface area contributed by atoms with E-state index in [0.717, 1.165) is 17.7 Å². The lowest BCUT2D eigenvalue weighted by molar-refractivity contribution is -0.118. The van der Waals surface area contributed by atoms with Crippen molar-refractivity contribution in [3.63, 3.8) is 0 Å². The van der Waals surface area contributed by atoms with E-state index in [9.17, 15) is 4.79 Å². The average Bonchev–Trinajstić information content (AvgIpc) is 2.23. The Kier molecular flexibility index (Phi) is 5.22. The van der Waals surface area contributed by atoms with Crippen molar-refractivity contribution in [2.45, 2.75) is 33.6 Å². The summed E-state index contributed by atoms with van der Waals surface area (Å²) < 4.78 is 0. The van der Waals surface area contributed by atoms with E-state index in [1.54, 1.807) is 0 Å². The number of hydrogen-bond acceptors (Lipinski definition) is 3. The van der Waals surface area contributed by atoms with Crippen LogP contribution < -0.4 is 11.1 Å². The number of nitrogens with zero attached hydrogens (tertiary/aromatic N) is 1. The van der Waals surface area contributed by atoms with Crippen LogP contribution in [0.25, 0.3) is 0 Å². The second kappa shape index (κ2) is 6.44. The van der Waals surface area contributed by atoms with E-state index < -0.39 is 5.92 Å². The first-order valence-corrected chi connectivity index (χ1v) is 6.40. The number of nitrogens with one attached hydrogen (secondary N) is 1. The molecule has 3 N–H and O–H groups in total. The third kappa shape index (κ3) is 4.07. The maximum absolute atomic E-state index is 12.0. The standard InChI is InChI=1S/C13H19N3OS/c1-4-5-10(12(14)18)13(17)16-11-7-8(2)6-9(3)15-11/h6-7,10H,4-5H2,1-3H3,(H2,14,18)(H,15,16,17). The normalized spacial score (nSPS) is 11.9. The van der Waals surface area contributed by atoms with Crippen molar-refractivity contribution in [1.29, 1.82) is 0 Å². The fraction of sp³-hybridized carbons (Fsp3) is 0.462. The van der Waals surface area contributed by atoms with E-state index in [-0.39, 0.29) is 10.9 Å². The molecule has 1 aromatic heterocycles. The number of aromatic nitrogens is 1. The van der Waals surface area contributed by atoms with Gasteiger partial charge < -0.3 is 11.1 Å². The van der Waals surface area contributed by atoms with Gasteiger partial charge in [0.2, 0.25) is 5.91 Å². The third-order valence-electron chi connectivity index (χ3n) is 2.59. The molecule has 1 aromatic rings. The smallest absolute Gasteiger partial charge is 0.235 e. The van der Waals surface area contributed by atoms with Gasteiger partial charge in [-0.05, 0) is 38.0 Å². The van der Waals surface area contributed by atoms with E-state index in [1.165, 1.54) is 0 Å². The Bertz CT molecular complexity index is 439. The van der Waals surface area contributed by atoms with Gasteiger partial charge in [0, 0.05) is 5.69 Å². The predicted molar refractivity (Wildman–Crippen MR) is 77.5 cm³/mol. The molecule has 1 rings (SSSR count). The summed E-state index contributed by atoms with van der Waals surface area (Å²) in [6.07, 6.45) is 1.52. The number of carbonyl (C=O) groups excluding carboxylic acids is 1. The van der Waals surface area contributed by atoms with Gasteiger partial charge in [-0.2, -0.15) is 0 Å². The lowest BCUT2D eigenvalue weighted by atomic mass is 10.0. The van der Waals surface area contributed by atoms with E-state index in [1.807, 2.05) is 32.9 Å². The Balaban J connectivity index is 2.82. The van der Waals surface area contributed by atoms with E-state index >= 15 is 0 Å². The van der Waals surface area contributed by atoms with Crippen LogP contribution in [0.4, 0.5) is 5.82 Å². The highest BCUT2D eigenvalue weighted by atomic mass is 32.1. The topological polar surface area (TPSA) is 68.0 Å². The van der Waals surface area contributed by atoms with Crippen LogP contribution >= 0.6 is 12.2 Å². The summed E-state index contributed by atoms with van der Waals surface area (Å²) in [7, 11) is 0. The number of carbonyl (C=O) groups is 1. The summed E-state index contributed by atoms with van der Waals surface area (Å²) in [4.78, 5) is 16.5. The lowest BCUT2D eigenvalue weighted by Gasteiger charge is -2.14. The highest BCUT2D eigenvalue weighted by Crippen LogP contribution is 2.13. The second-order valence-corrected chi connectivity index (χ2v) is 4.88. The minimum atomic E-state index is -0.424. The molecule has 18 heavy (non-hydrogen) atoms. The van der Waals surface area contributed by atoms with Crippen molar-refractivity contribution < 1.29 is 4.79 Å². The van der Waals surface area contributed by atoms with Crippen LogP contribution in [0.3, 0.4) is 0 Å². The fourth-order valence-corrected chi connectivity index (χ4v) is 2.03. The van der Waals surface area contributed by atoms with Crippen LogP contribution in [0.2, 0.25) is 0 Å². The molecule has 0 aliphatic heterocycles. The number of anilines is 1. The van der Waals surface area contributed by atoms with Crippen molar-refractivity contribution in [1.82, 2.24) is 4.98 Å². The van der Waals surface area contributed by atoms with Crippen LogP contribution in [-0.2, 0) is 4.79 Å². The molecule has 5 heteroatoms. The van der Waals surface area contributed by atoms with Gasteiger partial charge in [0.15, 0.2) is 0 Å². The van der Waals surface area contributed by atoms with Crippen LogP contribution in [0.5, 0.6) is 0 Å². The molecule has 0 saturated heterocycles. The third-order valence-corrected chi connectivity index (χ3v) is 2.87. The van der Waals surface area contributed by atoms with E-state index in [2.05, 4.69) is 10.3 Å². The zero-order valence-corrected chi connectivity index (χ0v) is 11.8. The molecule has 4 nitrogen and oxygen atoms in total. The number of pyridine rings is 1. The minimum Gasteiger partial charge on any atom is -0.393 e. The van der Waals surface area contributed by atoms with Crippen molar-refractivity contribution in [2.24, 2.45) is 11.7 Å². The van der Waals surface area contributed by atoms with Gasteiger partial charge in [-0.15, -0.1) is 0 Å². The highest BCUT2D eigenvalue weighted by molar-refractivity contribution is 7.80. The molecule has 98 valence electrons. The van der Waals surface area contributed by atoms with Gasteiger partial charge in [-0.3, -0.25) is 4.79 Å². The van der Waals surface area contributed by atoms with Crippen LogP contribution in [-0.4, -0.2) is 15.9 Å². The molecular weight excluding hydrogens is 246 g/mol. The Morgan fingerprint density at radius 3 is 2.67 bits per heavy atom. The van der Waals surface area contributed by atoms with Gasteiger partial charge in [0.05, 0.1) is 10.9 Å². The van der Waals surface area contributed by atoms with E-state index in [0.29, 0.717) is 12.2 Å². The zero-order valence-electron chi connectivity index (χ0n) is 11.0. The van der Waals surface area contributed by atoms with Crippen molar-refractivity contribution in [3.05, 3.63) is 23.4 Å². The number of hydrogen-bond donors (Lipinski definition) is 2. The Labute approximate surface area is 113 Å².